The molecule has 2 N–H and O–H groups in total. The molecular formula is C16H25N. The summed E-state index contributed by atoms with van der Waals surface area (Å²) in [6.45, 7) is 5.22. The molecule has 0 atom stereocenters. The molecule has 0 spiro atoms. The lowest BCUT2D eigenvalue weighted by molar-refractivity contribution is 0.197. The van der Waals surface area contributed by atoms with Gasteiger partial charge in [0, 0.05) is 0 Å². The summed E-state index contributed by atoms with van der Waals surface area (Å²) in [5.41, 5.74) is 10.7. The Labute approximate surface area is 105 Å². The quantitative estimate of drug-likeness (QED) is 0.842. The maximum Gasteiger partial charge on any atom is -0.00173 e. The van der Waals surface area contributed by atoms with Gasteiger partial charge in [-0.05, 0) is 50.6 Å². The van der Waals surface area contributed by atoms with Crippen molar-refractivity contribution in [2.75, 3.05) is 6.54 Å². The lowest BCUT2D eigenvalue weighted by Crippen LogP contribution is -2.34. The second kappa shape index (κ2) is 5.22. The zero-order valence-electron chi connectivity index (χ0n) is 11.3. The standard InChI is InChI=1S/C16H25N/c1-13-8-14(2)10-15(9-13)11-16(12-17)6-4-3-5-7-16/h8-10H,3-7,11-12,17H2,1-2H3. The van der Waals surface area contributed by atoms with Crippen LogP contribution in [0.3, 0.4) is 0 Å². The van der Waals surface area contributed by atoms with E-state index < -0.39 is 0 Å². The summed E-state index contributed by atoms with van der Waals surface area (Å²) in [7, 11) is 0. The van der Waals surface area contributed by atoms with Crippen molar-refractivity contribution in [3.63, 3.8) is 0 Å². The van der Waals surface area contributed by atoms with Crippen LogP contribution in [-0.2, 0) is 6.42 Å². The summed E-state index contributed by atoms with van der Waals surface area (Å²) in [4.78, 5) is 0. The van der Waals surface area contributed by atoms with Gasteiger partial charge in [-0.25, -0.2) is 0 Å². The molecule has 0 bridgehead atoms. The molecule has 1 fully saturated rings. The molecule has 1 heteroatoms. The number of hydrogen-bond acceptors (Lipinski definition) is 1. The first-order valence-corrected chi connectivity index (χ1v) is 6.91. The Morgan fingerprint density at radius 2 is 1.59 bits per heavy atom. The molecule has 1 aliphatic rings. The van der Waals surface area contributed by atoms with Gasteiger partial charge in [-0.3, -0.25) is 0 Å². The molecule has 1 aliphatic carbocycles. The lowest BCUT2D eigenvalue weighted by atomic mass is 9.70. The SMILES string of the molecule is Cc1cc(C)cc(CC2(CN)CCCCC2)c1. The van der Waals surface area contributed by atoms with E-state index >= 15 is 0 Å². The molecule has 1 nitrogen and oxygen atoms in total. The van der Waals surface area contributed by atoms with E-state index in [1.165, 1.54) is 55.2 Å². The summed E-state index contributed by atoms with van der Waals surface area (Å²) in [6, 6.07) is 6.91. The van der Waals surface area contributed by atoms with Gasteiger partial charge in [0.25, 0.3) is 0 Å². The molecule has 0 radical (unpaired) electrons. The smallest absolute Gasteiger partial charge is 0.00173 e. The highest BCUT2D eigenvalue weighted by Gasteiger charge is 2.30. The van der Waals surface area contributed by atoms with Gasteiger partial charge in [0.2, 0.25) is 0 Å². The van der Waals surface area contributed by atoms with Crippen LogP contribution in [0.5, 0.6) is 0 Å². The van der Waals surface area contributed by atoms with Crippen LogP contribution in [0.15, 0.2) is 18.2 Å². The molecule has 0 aliphatic heterocycles. The summed E-state index contributed by atoms with van der Waals surface area (Å²) < 4.78 is 0. The third kappa shape index (κ3) is 3.10. The Kier molecular flexibility index (Phi) is 3.88. The maximum absolute atomic E-state index is 6.06. The van der Waals surface area contributed by atoms with E-state index in [9.17, 15) is 0 Å². The molecule has 1 aromatic carbocycles. The molecular weight excluding hydrogens is 206 g/mol. The first kappa shape index (κ1) is 12.6. The molecule has 1 saturated carbocycles. The Morgan fingerprint density at radius 3 is 2.12 bits per heavy atom. The molecule has 0 saturated heterocycles. The molecule has 1 aromatic rings. The normalized spacial score (nSPS) is 19.2. The monoisotopic (exact) mass is 231 g/mol. The molecule has 0 amide bonds. The maximum atomic E-state index is 6.06. The van der Waals surface area contributed by atoms with Gasteiger partial charge in [-0.1, -0.05) is 48.6 Å². The van der Waals surface area contributed by atoms with Gasteiger partial charge in [0.1, 0.15) is 0 Å². The first-order chi connectivity index (χ1) is 8.13. The van der Waals surface area contributed by atoms with Crippen molar-refractivity contribution in [2.45, 2.75) is 52.4 Å². The highest BCUT2D eigenvalue weighted by molar-refractivity contribution is 5.29. The third-order valence-electron chi connectivity index (χ3n) is 4.21. The Bertz CT molecular complexity index is 355. The van der Waals surface area contributed by atoms with Crippen LogP contribution in [-0.4, -0.2) is 6.54 Å². The van der Waals surface area contributed by atoms with Gasteiger partial charge >= 0.3 is 0 Å². The van der Waals surface area contributed by atoms with Crippen LogP contribution < -0.4 is 5.73 Å². The van der Waals surface area contributed by atoms with E-state index in [4.69, 9.17) is 5.73 Å². The number of nitrogens with two attached hydrogens (primary N) is 1. The van der Waals surface area contributed by atoms with Crippen molar-refractivity contribution in [3.8, 4) is 0 Å². The molecule has 0 aromatic heterocycles. The van der Waals surface area contributed by atoms with Crippen LogP contribution in [0.1, 0.15) is 48.8 Å². The zero-order valence-corrected chi connectivity index (χ0v) is 11.3. The minimum atomic E-state index is 0.387. The van der Waals surface area contributed by atoms with E-state index in [0.29, 0.717) is 5.41 Å². The number of benzene rings is 1. The van der Waals surface area contributed by atoms with Crippen molar-refractivity contribution in [1.82, 2.24) is 0 Å². The highest BCUT2D eigenvalue weighted by Crippen LogP contribution is 2.38. The predicted octanol–water partition coefficient (Wildman–Crippen LogP) is 3.76. The van der Waals surface area contributed by atoms with Crippen molar-refractivity contribution in [2.24, 2.45) is 11.1 Å². The van der Waals surface area contributed by atoms with Gasteiger partial charge in [0.15, 0.2) is 0 Å². The predicted molar refractivity (Wildman–Crippen MR) is 74.2 cm³/mol. The molecule has 94 valence electrons. The highest BCUT2D eigenvalue weighted by atomic mass is 14.6. The number of rotatable bonds is 3. The summed E-state index contributed by atoms with van der Waals surface area (Å²) in [5, 5.41) is 0. The van der Waals surface area contributed by atoms with Crippen LogP contribution in [0.4, 0.5) is 0 Å². The van der Waals surface area contributed by atoms with Crippen molar-refractivity contribution in [1.29, 1.82) is 0 Å². The molecule has 17 heavy (non-hydrogen) atoms. The fourth-order valence-corrected chi connectivity index (χ4v) is 3.36. The molecule has 0 heterocycles. The van der Waals surface area contributed by atoms with Crippen molar-refractivity contribution < 1.29 is 0 Å². The number of aryl methyl sites for hydroxylation is 2. The van der Waals surface area contributed by atoms with Gasteiger partial charge in [-0.15, -0.1) is 0 Å². The molecule has 2 rings (SSSR count). The van der Waals surface area contributed by atoms with Gasteiger partial charge in [0.05, 0.1) is 0 Å². The van der Waals surface area contributed by atoms with Crippen LogP contribution in [0.25, 0.3) is 0 Å². The Balaban J connectivity index is 2.17. The average molecular weight is 231 g/mol. The minimum absolute atomic E-state index is 0.387. The third-order valence-corrected chi connectivity index (χ3v) is 4.21. The largest absolute Gasteiger partial charge is 0.330 e. The van der Waals surface area contributed by atoms with Crippen LogP contribution in [0, 0.1) is 19.3 Å². The van der Waals surface area contributed by atoms with E-state index in [-0.39, 0.29) is 0 Å². The van der Waals surface area contributed by atoms with Crippen LogP contribution >= 0.6 is 0 Å². The topological polar surface area (TPSA) is 26.0 Å². The number of hydrogen-bond donors (Lipinski definition) is 1. The second-order valence-corrected chi connectivity index (χ2v) is 5.94. The fourth-order valence-electron chi connectivity index (χ4n) is 3.36. The van der Waals surface area contributed by atoms with Gasteiger partial charge < -0.3 is 5.73 Å². The second-order valence-electron chi connectivity index (χ2n) is 5.94. The molecule has 0 unspecified atom stereocenters. The summed E-state index contributed by atoms with van der Waals surface area (Å²) in [6.07, 6.45) is 7.93. The van der Waals surface area contributed by atoms with E-state index in [2.05, 4.69) is 32.0 Å². The zero-order chi connectivity index (χ0) is 12.3. The lowest BCUT2D eigenvalue weighted by Gasteiger charge is -2.36. The van der Waals surface area contributed by atoms with Crippen molar-refractivity contribution in [3.05, 3.63) is 34.9 Å². The van der Waals surface area contributed by atoms with E-state index in [0.717, 1.165) is 6.54 Å². The summed E-state index contributed by atoms with van der Waals surface area (Å²) >= 11 is 0. The van der Waals surface area contributed by atoms with E-state index in [1.54, 1.807) is 0 Å². The average Bonchev–Trinajstić information content (AvgIpc) is 2.29. The minimum Gasteiger partial charge on any atom is -0.330 e. The van der Waals surface area contributed by atoms with Gasteiger partial charge in [-0.2, -0.15) is 0 Å². The van der Waals surface area contributed by atoms with E-state index in [1.807, 2.05) is 0 Å². The Hall–Kier alpha value is -0.820. The summed E-state index contributed by atoms with van der Waals surface area (Å²) in [5.74, 6) is 0. The van der Waals surface area contributed by atoms with Crippen molar-refractivity contribution >= 4 is 0 Å². The van der Waals surface area contributed by atoms with Crippen LogP contribution in [0.2, 0.25) is 0 Å². The fraction of sp³-hybridized carbons (Fsp3) is 0.625. The Morgan fingerprint density at radius 1 is 1.00 bits per heavy atom. The first-order valence-electron chi connectivity index (χ1n) is 6.91.